The summed E-state index contributed by atoms with van der Waals surface area (Å²) in [5.74, 6) is -0.684. The Morgan fingerprint density at radius 2 is 1.90 bits per heavy atom. The average molecular weight is 306 g/mol. The number of hydrogen-bond acceptors (Lipinski definition) is 4. The first-order chi connectivity index (χ1) is 9.22. The summed E-state index contributed by atoms with van der Waals surface area (Å²) in [4.78, 5) is 11.3. The van der Waals surface area contributed by atoms with E-state index in [4.69, 9.17) is 9.05 Å². The highest BCUT2D eigenvalue weighted by molar-refractivity contribution is 7.54. The lowest BCUT2D eigenvalue weighted by molar-refractivity contribution is -0.870. The van der Waals surface area contributed by atoms with Crippen molar-refractivity contribution in [3.63, 3.8) is 0 Å². The smallest absolute Gasteiger partial charge is 0.381 e. The Kier molecular flexibility index (Phi) is 9.03. The third-order valence-corrected chi connectivity index (χ3v) is 4.59. The minimum absolute atomic E-state index is 0.283. The lowest BCUT2D eigenvalue weighted by Crippen LogP contribution is -2.35. The first-order valence-electron chi connectivity index (χ1n) is 7.12. The molecule has 0 aliphatic heterocycles. The van der Waals surface area contributed by atoms with Gasteiger partial charge in [-0.05, 0) is 6.42 Å². The molecule has 0 spiro atoms. The Labute approximate surface area is 123 Å². The molecule has 0 heterocycles. The van der Waals surface area contributed by atoms with E-state index in [0.717, 1.165) is 42.8 Å². The first kappa shape index (κ1) is 19.4. The molecule has 0 radical (unpaired) electrons. The minimum atomic E-state index is -3.33. The summed E-state index contributed by atoms with van der Waals surface area (Å²) < 4.78 is 23.6. The number of unbranched alkanes of at least 4 members (excludes halogenated alkanes) is 2. The zero-order valence-electron chi connectivity index (χ0n) is 13.3. The number of hydrogen-bond donors (Lipinski definition) is 0. The molecule has 0 bridgehead atoms. The Hall–Kier alpha value is -0.640. The lowest BCUT2D eigenvalue weighted by Gasteiger charge is -2.24. The first-order valence-corrected chi connectivity index (χ1v) is 8.85. The standard InChI is InChI=1S/C14H29NO4P/c1-6-8-9-13-20(17,19-14(16)7-2)18-12-10-11-15(3,4)5/h7H,2,6,8-13H2,1,3-5H3/q+1. The van der Waals surface area contributed by atoms with Crippen molar-refractivity contribution in [2.75, 3.05) is 40.5 Å². The van der Waals surface area contributed by atoms with Crippen LogP contribution in [0.15, 0.2) is 12.7 Å². The van der Waals surface area contributed by atoms with Crippen molar-refractivity contribution in [3.8, 4) is 0 Å². The molecule has 1 atom stereocenters. The van der Waals surface area contributed by atoms with Gasteiger partial charge in [0.2, 0.25) is 0 Å². The minimum Gasteiger partial charge on any atom is -0.388 e. The molecule has 0 aliphatic rings. The highest BCUT2D eigenvalue weighted by Gasteiger charge is 2.27. The van der Waals surface area contributed by atoms with Gasteiger partial charge in [-0.3, -0.25) is 4.52 Å². The van der Waals surface area contributed by atoms with Crippen LogP contribution in [0.3, 0.4) is 0 Å². The fourth-order valence-corrected chi connectivity index (χ4v) is 3.25. The maximum absolute atomic E-state index is 12.5. The van der Waals surface area contributed by atoms with E-state index in [0.29, 0.717) is 6.61 Å². The SMILES string of the molecule is C=CC(=O)OP(=O)(CCCCC)OCCC[N+](C)(C)C. The molecule has 6 heteroatoms. The highest BCUT2D eigenvalue weighted by atomic mass is 31.2. The van der Waals surface area contributed by atoms with Crippen molar-refractivity contribution in [2.24, 2.45) is 0 Å². The summed E-state index contributed by atoms with van der Waals surface area (Å²) in [6.45, 7) is 6.62. The van der Waals surface area contributed by atoms with Gasteiger partial charge in [0.1, 0.15) is 0 Å². The van der Waals surface area contributed by atoms with E-state index in [9.17, 15) is 9.36 Å². The van der Waals surface area contributed by atoms with E-state index in [1.54, 1.807) is 0 Å². The van der Waals surface area contributed by atoms with Crippen molar-refractivity contribution < 1.29 is 22.9 Å². The third-order valence-electron chi connectivity index (χ3n) is 2.69. The van der Waals surface area contributed by atoms with Gasteiger partial charge in [-0.15, -0.1) is 0 Å². The molecule has 0 aromatic rings. The zero-order chi connectivity index (χ0) is 15.6. The normalized spacial score (nSPS) is 14.6. The monoisotopic (exact) mass is 306 g/mol. The van der Waals surface area contributed by atoms with Crippen molar-refractivity contribution in [1.82, 2.24) is 0 Å². The summed E-state index contributed by atoms with van der Waals surface area (Å²) >= 11 is 0. The number of rotatable bonds is 11. The van der Waals surface area contributed by atoms with Gasteiger partial charge in [-0.1, -0.05) is 26.3 Å². The molecular weight excluding hydrogens is 277 g/mol. The van der Waals surface area contributed by atoms with Crippen molar-refractivity contribution >= 4 is 13.6 Å². The summed E-state index contributed by atoms with van der Waals surface area (Å²) in [5.41, 5.74) is 0. The van der Waals surface area contributed by atoms with Crippen LogP contribution in [0.2, 0.25) is 0 Å². The number of quaternary nitrogens is 1. The maximum Gasteiger partial charge on any atom is 0.381 e. The predicted molar refractivity (Wildman–Crippen MR) is 81.8 cm³/mol. The van der Waals surface area contributed by atoms with Crippen molar-refractivity contribution in [3.05, 3.63) is 12.7 Å². The maximum atomic E-state index is 12.5. The van der Waals surface area contributed by atoms with Gasteiger partial charge in [-0.2, -0.15) is 0 Å². The van der Waals surface area contributed by atoms with E-state index in [1.165, 1.54) is 0 Å². The largest absolute Gasteiger partial charge is 0.388 e. The Balaban J connectivity index is 4.33. The molecule has 118 valence electrons. The lowest BCUT2D eigenvalue weighted by atomic mass is 10.3. The number of carbonyl (C=O) groups is 1. The molecule has 1 unspecified atom stereocenters. The fourth-order valence-electron chi connectivity index (χ4n) is 1.61. The second-order valence-electron chi connectivity index (χ2n) is 5.86. The van der Waals surface area contributed by atoms with Crippen molar-refractivity contribution in [2.45, 2.75) is 32.6 Å². The molecule has 5 nitrogen and oxygen atoms in total. The Morgan fingerprint density at radius 3 is 2.40 bits per heavy atom. The van der Waals surface area contributed by atoms with Crippen LogP contribution < -0.4 is 0 Å². The molecule has 0 rings (SSSR count). The van der Waals surface area contributed by atoms with E-state index in [2.05, 4.69) is 34.6 Å². The van der Waals surface area contributed by atoms with E-state index < -0.39 is 13.6 Å². The van der Waals surface area contributed by atoms with Gasteiger partial charge < -0.3 is 9.01 Å². The topological polar surface area (TPSA) is 52.6 Å². The van der Waals surface area contributed by atoms with Crippen LogP contribution >= 0.6 is 7.60 Å². The van der Waals surface area contributed by atoms with Crippen LogP contribution in [-0.4, -0.2) is 50.9 Å². The van der Waals surface area contributed by atoms with Crippen molar-refractivity contribution in [1.29, 1.82) is 0 Å². The van der Waals surface area contributed by atoms with Gasteiger partial charge in [0, 0.05) is 12.5 Å². The molecule has 0 fully saturated rings. The second-order valence-corrected chi connectivity index (χ2v) is 7.97. The Morgan fingerprint density at radius 1 is 1.25 bits per heavy atom. The molecule has 0 aliphatic carbocycles. The fraction of sp³-hybridized carbons (Fsp3) is 0.786. The molecule has 0 amide bonds. The second kappa shape index (κ2) is 9.32. The molecular formula is C14H29NO4P+. The molecule has 0 saturated heterocycles. The summed E-state index contributed by atoms with van der Waals surface area (Å²) in [6, 6.07) is 0. The van der Waals surface area contributed by atoms with Crippen LogP contribution in [0.4, 0.5) is 0 Å². The van der Waals surface area contributed by atoms with E-state index in [1.807, 2.05) is 0 Å². The van der Waals surface area contributed by atoms with E-state index >= 15 is 0 Å². The molecule has 20 heavy (non-hydrogen) atoms. The average Bonchev–Trinajstić information content (AvgIpc) is 2.34. The quantitative estimate of drug-likeness (QED) is 0.254. The van der Waals surface area contributed by atoms with Gasteiger partial charge in [-0.25, -0.2) is 9.36 Å². The third kappa shape index (κ3) is 10.2. The van der Waals surface area contributed by atoms with E-state index in [-0.39, 0.29) is 6.16 Å². The highest BCUT2D eigenvalue weighted by Crippen LogP contribution is 2.49. The predicted octanol–water partition coefficient (Wildman–Crippen LogP) is 3.21. The zero-order valence-corrected chi connectivity index (χ0v) is 14.2. The molecule has 0 aromatic carbocycles. The van der Waals surface area contributed by atoms with Gasteiger partial charge >= 0.3 is 13.6 Å². The van der Waals surface area contributed by atoms with Gasteiger partial charge in [0.25, 0.3) is 0 Å². The number of carbonyl (C=O) groups excluding carboxylic acids is 1. The molecule has 0 aromatic heterocycles. The summed E-state index contributed by atoms with van der Waals surface area (Å²) in [7, 11) is 2.91. The van der Waals surface area contributed by atoms with Crippen LogP contribution in [0.1, 0.15) is 32.6 Å². The van der Waals surface area contributed by atoms with Gasteiger partial charge in [0.05, 0.1) is 40.5 Å². The van der Waals surface area contributed by atoms with Gasteiger partial charge in [0.15, 0.2) is 0 Å². The van der Waals surface area contributed by atoms with Crippen LogP contribution in [0.5, 0.6) is 0 Å². The van der Waals surface area contributed by atoms with Crippen LogP contribution in [0, 0.1) is 0 Å². The van der Waals surface area contributed by atoms with Crippen LogP contribution in [-0.2, 0) is 18.4 Å². The summed E-state index contributed by atoms with van der Waals surface area (Å²) in [5, 5.41) is 0. The van der Waals surface area contributed by atoms with Crippen LogP contribution in [0.25, 0.3) is 0 Å². The number of nitrogens with zero attached hydrogens (tertiary/aromatic N) is 1. The Bertz CT molecular complexity index is 350. The molecule has 0 saturated carbocycles. The summed E-state index contributed by atoms with van der Waals surface area (Å²) in [6.07, 6.45) is 4.75. The molecule has 0 N–H and O–H groups in total.